The molecule has 5 nitrogen and oxygen atoms in total. The lowest BCUT2D eigenvalue weighted by molar-refractivity contribution is 0.477. The first-order valence-electron chi connectivity index (χ1n) is 4.13. The summed E-state index contributed by atoms with van der Waals surface area (Å²) in [5.74, 6) is 0.907. The number of nitrogen functional groups attached to an aromatic ring is 1. The zero-order valence-corrected chi connectivity index (χ0v) is 7.68. The van der Waals surface area contributed by atoms with E-state index < -0.39 is 0 Å². The first-order chi connectivity index (χ1) is 6.68. The number of nitrogens with two attached hydrogens (primary N) is 1. The maximum absolute atomic E-state index is 9.53. The molecule has 0 fully saturated rings. The fourth-order valence-corrected chi connectivity index (χ4v) is 1.17. The average Bonchev–Trinajstić information content (AvgIpc) is 2.48. The average molecular weight is 190 g/mol. The molecular formula is C9H10N4O. The summed E-state index contributed by atoms with van der Waals surface area (Å²) in [6.07, 6.45) is 0. The molecule has 0 aliphatic rings. The topological polar surface area (TPSA) is 77.0 Å². The summed E-state index contributed by atoms with van der Waals surface area (Å²) in [6, 6.07) is 6.87. The van der Waals surface area contributed by atoms with E-state index in [4.69, 9.17) is 5.73 Å². The number of nitrogens with zero attached hydrogens (tertiary/aromatic N) is 3. The van der Waals surface area contributed by atoms with Crippen LogP contribution in [0.3, 0.4) is 0 Å². The number of hydrogen-bond donors (Lipinski definition) is 2. The van der Waals surface area contributed by atoms with Crippen molar-refractivity contribution < 1.29 is 5.11 Å². The molecule has 0 bridgehead atoms. The Labute approximate surface area is 80.8 Å². The number of aromatic nitrogens is 3. The minimum atomic E-state index is 0.151. The second-order valence-corrected chi connectivity index (χ2v) is 2.93. The molecule has 0 amide bonds. The van der Waals surface area contributed by atoms with Crippen LogP contribution in [0.2, 0.25) is 0 Å². The summed E-state index contributed by atoms with van der Waals surface area (Å²) >= 11 is 0. The summed E-state index contributed by atoms with van der Waals surface area (Å²) in [6.45, 7) is 0. The van der Waals surface area contributed by atoms with Crippen molar-refractivity contribution in [3.8, 4) is 17.1 Å². The maximum Gasteiger partial charge on any atom is 0.218 e. The predicted molar refractivity (Wildman–Crippen MR) is 52.5 cm³/mol. The molecule has 2 rings (SSSR count). The Morgan fingerprint density at radius 2 is 2.07 bits per heavy atom. The molecular weight excluding hydrogens is 180 g/mol. The van der Waals surface area contributed by atoms with Gasteiger partial charge in [-0.3, -0.25) is 0 Å². The molecule has 14 heavy (non-hydrogen) atoms. The monoisotopic (exact) mass is 190 g/mol. The smallest absolute Gasteiger partial charge is 0.218 e. The zero-order chi connectivity index (χ0) is 10.1. The lowest BCUT2D eigenvalue weighted by atomic mass is 10.2. The molecule has 0 aliphatic heterocycles. The highest BCUT2D eigenvalue weighted by Crippen LogP contribution is 2.25. The summed E-state index contributed by atoms with van der Waals surface area (Å²) in [5.41, 5.74) is 6.12. The van der Waals surface area contributed by atoms with E-state index in [2.05, 4.69) is 10.1 Å². The van der Waals surface area contributed by atoms with E-state index in [1.807, 2.05) is 6.07 Å². The summed E-state index contributed by atoms with van der Waals surface area (Å²) in [4.78, 5) is 4.01. The van der Waals surface area contributed by atoms with Crippen LogP contribution in [0, 0.1) is 0 Å². The number of aromatic hydroxyl groups is 1. The molecule has 0 saturated carbocycles. The van der Waals surface area contributed by atoms with E-state index >= 15 is 0 Å². The first-order valence-corrected chi connectivity index (χ1v) is 4.13. The standard InChI is InChI=1S/C9H10N4O/c1-13-9(10)11-8(12-13)6-4-2-3-5-7(6)14/h2-5,14H,1H3,(H2,10,11,12). The molecule has 0 saturated heterocycles. The minimum absolute atomic E-state index is 0.151. The van der Waals surface area contributed by atoms with Gasteiger partial charge in [0.05, 0.1) is 5.56 Å². The Balaban J connectivity index is 2.55. The van der Waals surface area contributed by atoms with E-state index in [1.165, 1.54) is 4.68 Å². The number of phenolic OH excluding ortho intramolecular Hbond substituents is 1. The molecule has 0 unspecified atom stereocenters. The SMILES string of the molecule is Cn1nc(-c2ccccc2O)nc1N. The van der Waals surface area contributed by atoms with E-state index in [9.17, 15) is 5.11 Å². The molecule has 3 N–H and O–H groups in total. The van der Waals surface area contributed by atoms with Crippen LogP contribution < -0.4 is 5.73 Å². The van der Waals surface area contributed by atoms with Gasteiger partial charge in [0.2, 0.25) is 5.95 Å². The van der Waals surface area contributed by atoms with Gasteiger partial charge in [0.25, 0.3) is 0 Å². The van der Waals surface area contributed by atoms with Crippen molar-refractivity contribution in [2.45, 2.75) is 0 Å². The number of phenols is 1. The van der Waals surface area contributed by atoms with Crippen molar-refractivity contribution in [3.63, 3.8) is 0 Å². The van der Waals surface area contributed by atoms with Gasteiger partial charge in [-0.2, -0.15) is 4.98 Å². The minimum Gasteiger partial charge on any atom is -0.507 e. The van der Waals surface area contributed by atoms with Crippen molar-refractivity contribution >= 4 is 5.95 Å². The Hall–Kier alpha value is -2.04. The van der Waals surface area contributed by atoms with Gasteiger partial charge in [-0.25, -0.2) is 4.68 Å². The molecule has 0 spiro atoms. The predicted octanol–water partition coefficient (Wildman–Crippen LogP) is 0.770. The van der Waals surface area contributed by atoms with Gasteiger partial charge in [0, 0.05) is 7.05 Å². The van der Waals surface area contributed by atoms with Crippen molar-refractivity contribution in [3.05, 3.63) is 24.3 Å². The quantitative estimate of drug-likeness (QED) is 0.696. The number of aryl methyl sites for hydroxylation is 1. The third-order valence-electron chi connectivity index (χ3n) is 1.94. The van der Waals surface area contributed by atoms with Crippen LogP contribution in [-0.4, -0.2) is 19.9 Å². The molecule has 1 aromatic heterocycles. The molecule has 5 heteroatoms. The van der Waals surface area contributed by atoms with Crippen LogP contribution >= 0.6 is 0 Å². The third kappa shape index (κ3) is 1.28. The van der Waals surface area contributed by atoms with Crippen LogP contribution in [0.25, 0.3) is 11.4 Å². The van der Waals surface area contributed by atoms with E-state index in [0.717, 1.165) is 0 Å². The lowest BCUT2D eigenvalue weighted by Crippen LogP contribution is -1.97. The van der Waals surface area contributed by atoms with Crippen molar-refractivity contribution in [2.75, 3.05) is 5.73 Å². The fraction of sp³-hybridized carbons (Fsp3) is 0.111. The molecule has 2 aromatic rings. The normalized spacial score (nSPS) is 10.4. The Kier molecular flexibility index (Phi) is 1.85. The van der Waals surface area contributed by atoms with Crippen molar-refractivity contribution in [2.24, 2.45) is 7.05 Å². The van der Waals surface area contributed by atoms with Gasteiger partial charge >= 0.3 is 0 Å². The molecule has 72 valence electrons. The molecule has 0 aliphatic carbocycles. The second-order valence-electron chi connectivity index (χ2n) is 2.93. The van der Waals surface area contributed by atoms with E-state index in [0.29, 0.717) is 17.3 Å². The van der Waals surface area contributed by atoms with Gasteiger partial charge in [-0.1, -0.05) is 12.1 Å². The number of rotatable bonds is 1. The van der Waals surface area contributed by atoms with Crippen LogP contribution in [0.5, 0.6) is 5.75 Å². The number of benzene rings is 1. The highest BCUT2D eigenvalue weighted by molar-refractivity contribution is 5.63. The highest BCUT2D eigenvalue weighted by atomic mass is 16.3. The first kappa shape index (κ1) is 8.55. The number of para-hydroxylation sites is 1. The van der Waals surface area contributed by atoms with Crippen molar-refractivity contribution in [1.82, 2.24) is 14.8 Å². The molecule has 1 aromatic carbocycles. The number of hydrogen-bond acceptors (Lipinski definition) is 4. The van der Waals surface area contributed by atoms with Gasteiger partial charge in [0.1, 0.15) is 5.75 Å². The zero-order valence-electron chi connectivity index (χ0n) is 7.68. The summed E-state index contributed by atoms with van der Waals surface area (Å²) < 4.78 is 1.46. The molecule has 1 heterocycles. The molecule has 0 atom stereocenters. The van der Waals surface area contributed by atoms with Gasteiger partial charge < -0.3 is 10.8 Å². The fourth-order valence-electron chi connectivity index (χ4n) is 1.17. The van der Waals surface area contributed by atoms with E-state index in [1.54, 1.807) is 25.2 Å². The van der Waals surface area contributed by atoms with Crippen LogP contribution in [-0.2, 0) is 7.05 Å². The summed E-state index contributed by atoms with van der Waals surface area (Å²) in [5, 5.41) is 13.6. The van der Waals surface area contributed by atoms with Crippen molar-refractivity contribution in [1.29, 1.82) is 0 Å². The highest BCUT2D eigenvalue weighted by Gasteiger charge is 2.09. The largest absolute Gasteiger partial charge is 0.507 e. The Morgan fingerprint density at radius 3 is 2.64 bits per heavy atom. The van der Waals surface area contributed by atoms with Crippen LogP contribution in [0.1, 0.15) is 0 Å². The van der Waals surface area contributed by atoms with Gasteiger partial charge in [0.15, 0.2) is 5.82 Å². The third-order valence-corrected chi connectivity index (χ3v) is 1.94. The Bertz CT molecular complexity index is 444. The maximum atomic E-state index is 9.53. The lowest BCUT2D eigenvalue weighted by Gasteiger charge is -1.97. The van der Waals surface area contributed by atoms with E-state index in [-0.39, 0.29) is 5.75 Å². The number of anilines is 1. The van der Waals surface area contributed by atoms with Crippen LogP contribution in [0.15, 0.2) is 24.3 Å². The van der Waals surface area contributed by atoms with Crippen LogP contribution in [0.4, 0.5) is 5.95 Å². The Morgan fingerprint density at radius 1 is 1.36 bits per heavy atom. The summed E-state index contributed by atoms with van der Waals surface area (Å²) in [7, 11) is 1.70. The van der Waals surface area contributed by atoms with Gasteiger partial charge in [-0.05, 0) is 12.1 Å². The van der Waals surface area contributed by atoms with Gasteiger partial charge in [-0.15, -0.1) is 5.10 Å². The molecule has 0 radical (unpaired) electrons. The second kappa shape index (κ2) is 3.02.